The lowest BCUT2D eigenvalue weighted by Gasteiger charge is -2.15. The Morgan fingerprint density at radius 2 is 1.35 bits per heavy atom. The molecule has 0 aromatic heterocycles. The largest absolute Gasteiger partial charge is 0.493 e. The Balaban J connectivity index is 1.96. The lowest BCUT2D eigenvalue weighted by molar-refractivity contribution is -0.385. The van der Waals surface area contributed by atoms with Gasteiger partial charge in [0.2, 0.25) is 5.75 Å². The van der Waals surface area contributed by atoms with Gasteiger partial charge in [-0.3, -0.25) is 14.9 Å². The van der Waals surface area contributed by atoms with Crippen LogP contribution in [0.1, 0.15) is 27.0 Å². The standard InChI is InChI=1S/C30H31NO9/c1-35-25-14-13-21(18-23(25)31(33)34)24(32)9-7-8-22-20(12-15-26(36-2)29(22)39-5)11-10-19-16-27(37-3)30(40-6)28(17-19)38-4/h7,9-18H,8H2,1-6H3/b9-7-,11-10-. The molecule has 0 heterocycles. The Bertz CT molecular complexity index is 1420. The number of carbonyl (C=O) groups is 1. The van der Waals surface area contributed by atoms with Crippen LogP contribution in [0.15, 0.2) is 54.6 Å². The maximum Gasteiger partial charge on any atom is 0.311 e. The van der Waals surface area contributed by atoms with E-state index in [2.05, 4.69) is 0 Å². The fourth-order valence-corrected chi connectivity index (χ4v) is 4.12. The molecule has 0 aliphatic rings. The van der Waals surface area contributed by atoms with E-state index in [0.717, 1.165) is 16.7 Å². The van der Waals surface area contributed by atoms with Gasteiger partial charge in [0.15, 0.2) is 34.5 Å². The molecule has 0 saturated heterocycles. The van der Waals surface area contributed by atoms with Gasteiger partial charge in [-0.05, 0) is 54.0 Å². The fourth-order valence-electron chi connectivity index (χ4n) is 4.12. The quantitative estimate of drug-likeness (QED) is 0.0858. The summed E-state index contributed by atoms with van der Waals surface area (Å²) in [4.78, 5) is 23.5. The molecule has 3 aromatic rings. The van der Waals surface area contributed by atoms with E-state index in [0.29, 0.717) is 35.2 Å². The third kappa shape index (κ3) is 6.52. The van der Waals surface area contributed by atoms with E-state index in [1.807, 2.05) is 30.4 Å². The number of ketones is 1. The number of ether oxygens (including phenoxy) is 6. The Hall–Kier alpha value is -4.99. The number of nitro groups is 1. The molecule has 40 heavy (non-hydrogen) atoms. The van der Waals surface area contributed by atoms with E-state index >= 15 is 0 Å². The highest BCUT2D eigenvalue weighted by atomic mass is 16.6. The van der Waals surface area contributed by atoms with Crippen molar-refractivity contribution in [2.75, 3.05) is 42.7 Å². The third-order valence-electron chi connectivity index (χ3n) is 6.08. The lowest BCUT2D eigenvalue weighted by Crippen LogP contribution is -2.00. The number of carbonyl (C=O) groups excluding carboxylic acids is 1. The van der Waals surface area contributed by atoms with E-state index in [1.54, 1.807) is 47.7 Å². The van der Waals surface area contributed by atoms with Crippen LogP contribution in [0.3, 0.4) is 0 Å². The minimum absolute atomic E-state index is 0.0789. The van der Waals surface area contributed by atoms with Crippen LogP contribution in [0.4, 0.5) is 5.69 Å². The van der Waals surface area contributed by atoms with Gasteiger partial charge >= 0.3 is 5.69 Å². The first-order valence-electron chi connectivity index (χ1n) is 12.1. The maximum absolute atomic E-state index is 12.8. The molecule has 0 bridgehead atoms. The van der Waals surface area contributed by atoms with Crippen molar-refractivity contribution < 1.29 is 38.1 Å². The van der Waals surface area contributed by atoms with Gasteiger partial charge in [-0.1, -0.05) is 24.3 Å². The van der Waals surface area contributed by atoms with Gasteiger partial charge in [-0.15, -0.1) is 0 Å². The van der Waals surface area contributed by atoms with Crippen LogP contribution in [0, 0.1) is 10.1 Å². The van der Waals surface area contributed by atoms with E-state index in [4.69, 9.17) is 28.4 Å². The first-order chi connectivity index (χ1) is 19.3. The summed E-state index contributed by atoms with van der Waals surface area (Å²) in [6.07, 6.45) is 7.16. The Kier molecular flexibility index (Phi) is 10.1. The topological polar surface area (TPSA) is 116 Å². The highest BCUT2D eigenvalue weighted by Crippen LogP contribution is 2.39. The number of benzene rings is 3. The van der Waals surface area contributed by atoms with Crippen molar-refractivity contribution in [2.45, 2.75) is 6.42 Å². The van der Waals surface area contributed by atoms with Crippen molar-refractivity contribution in [1.82, 2.24) is 0 Å². The summed E-state index contributed by atoms with van der Waals surface area (Å²) in [5, 5.41) is 11.3. The minimum Gasteiger partial charge on any atom is -0.493 e. The molecule has 0 amide bonds. The van der Waals surface area contributed by atoms with Gasteiger partial charge in [-0.25, -0.2) is 0 Å². The first-order valence-corrected chi connectivity index (χ1v) is 12.1. The SMILES string of the molecule is COc1ccc(C(=O)/C=C\Cc2c(/C=C\c3cc(OC)c(OC)c(OC)c3)ccc(OC)c2OC)cc1[N+](=O)[O-]. The predicted octanol–water partition coefficient (Wildman–Crippen LogP) is 5.80. The molecule has 0 unspecified atom stereocenters. The molecule has 0 atom stereocenters. The summed E-state index contributed by atoms with van der Waals surface area (Å²) in [6, 6.07) is 11.4. The number of allylic oxidation sites excluding steroid dienone is 2. The highest BCUT2D eigenvalue weighted by molar-refractivity contribution is 6.05. The molecule has 10 heteroatoms. The Morgan fingerprint density at radius 3 is 1.90 bits per heavy atom. The van der Waals surface area contributed by atoms with Gasteiger partial charge < -0.3 is 28.4 Å². The molecule has 0 aliphatic carbocycles. The van der Waals surface area contributed by atoms with Crippen molar-refractivity contribution >= 4 is 23.6 Å². The van der Waals surface area contributed by atoms with Crippen molar-refractivity contribution in [3.63, 3.8) is 0 Å². The van der Waals surface area contributed by atoms with Crippen LogP contribution in [-0.4, -0.2) is 53.4 Å². The van der Waals surface area contributed by atoms with Crippen LogP contribution >= 0.6 is 0 Å². The number of nitro benzene ring substituents is 1. The summed E-state index contributed by atoms with van der Waals surface area (Å²) < 4.78 is 32.4. The molecule has 10 nitrogen and oxygen atoms in total. The molecular weight excluding hydrogens is 518 g/mol. The molecule has 0 N–H and O–H groups in total. The molecule has 210 valence electrons. The fraction of sp³-hybridized carbons (Fsp3) is 0.233. The number of rotatable bonds is 13. The van der Waals surface area contributed by atoms with Crippen LogP contribution in [0.5, 0.6) is 34.5 Å². The zero-order valence-electron chi connectivity index (χ0n) is 23.2. The van der Waals surface area contributed by atoms with E-state index < -0.39 is 4.92 Å². The molecule has 0 saturated carbocycles. The molecule has 0 fully saturated rings. The number of nitrogens with zero attached hydrogens (tertiary/aromatic N) is 1. The van der Waals surface area contributed by atoms with Gasteiger partial charge in [0.25, 0.3) is 0 Å². The summed E-state index contributed by atoms with van der Waals surface area (Å²) in [6.45, 7) is 0. The van der Waals surface area contributed by atoms with Crippen LogP contribution in [0.2, 0.25) is 0 Å². The summed E-state index contributed by atoms with van der Waals surface area (Å²) >= 11 is 0. The van der Waals surface area contributed by atoms with Crippen LogP contribution in [-0.2, 0) is 6.42 Å². The van der Waals surface area contributed by atoms with Crippen LogP contribution < -0.4 is 28.4 Å². The molecule has 0 radical (unpaired) electrons. The first kappa shape index (κ1) is 29.6. The molecule has 0 aliphatic heterocycles. The second kappa shape index (κ2) is 13.7. The average Bonchev–Trinajstić information content (AvgIpc) is 2.98. The Labute approximate surface area is 232 Å². The summed E-state index contributed by atoms with van der Waals surface area (Å²) in [5.74, 6) is 2.28. The van der Waals surface area contributed by atoms with Gasteiger partial charge in [0.1, 0.15) is 0 Å². The minimum atomic E-state index is -0.590. The van der Waals surface area contributed by atoms with Crippen molar-refractivity contribution in [2.24, 2.45) is 0 Å². The molecule has 3 rings (SSSR count). The zero-order chi connectivity index (χ0) is 29.2. The van der Waals surface area contributed by atoms with Gasteiger partial charge in [0.05, 0.1) is 47.6 Å². The molecule has 0 spiro atoms. The van der Waals surface area contributed by atoms with Crippen LogP contribution in [0.25, 0.3) is 12.2 Å². The van der Waals surface area contributed by atoms with E-state index in [-0.39, 0.29) is 22.8 Å². The van der Waals surface area contributed by atoms with Gasteiger partial charge in [0, 0.05) is 17.2 Å². The lowest BCUT2D eigenvalue weighted by atomic mass is 10.00. The summed E-state index contributed by atoms with van der Waals surface area (Å²) in [7, 11) is 9.06. The second-order valence-corrected chi connectivity index (χ2v) is 8.28. The monoisotopic (exact) mass is 549 g/mol. The number of hydrogen-bond acceptors (Lipinski definition) is 9. The number of hydrogen-bond donors (Lipinski definition) is 0. The normalized spacial score (nSPS) is 10.9. The highest BCUT2D eigenvalue weighted by Gasteiger charge is 2.18. The van der Waals surface area contributed by atoms with E-state index in [9.17, 15) is 14.9 Å². The third-order valence-corrected chi connectivity index (χ3v) is 6.08. The smallest absolute Gasteiger partial charge is 0.311 e. The van der Waals surface area contributed by atoms with Gasteiger partial charge in [-0.2, -0.15) is 0 Å². The molecular formula is C30H31NO9. The predicted molar refractivity (Wildman–Crippen MR) is 151 cm³/mol. The second-order valence-electron chi connectivity index (χ2n) is 8.28. The number of methoxy groups -OCH3 is 6. The van der Waals surface area contributed by atoms with Crippen molar-refractivity contribution in [1.29, 1.82) is 0 Å². The van der Waals surface area contributed by atoms with Crippen molar-refractivity contribution in [3.05, 3.63) is 87.0 Å². The van der Waals surface area contributed by atoms with E-state index in [1.165, 1.54) is 31.4 Å². The molecule has 3 aromatic carbocycles. The maximum atomic E-state index is 12.8. The average molecular weight is 550 g/mol. The summed E-state index contributed by atoms with van der Waals surface area (Å²) in [5.41, 5.74) is 2.29. The zero-order valence-corrected chi connectivity index (χ0v) is 23.2. The van der Waals surface area contributed by atoms with Crippen molar-refractivity contribution in [3.8, 4) is 34.5 Å². The Morgan fingerprint density at radius 1 is 0.750 bits per heavy atom.